The van der Waals surface area contributed by atoms with Crippen LogP contribution in [0.1, 0.15) is 101 Å². The second-order valence-corrected chi connectivity index (χ2v) is 16.4. The van der Waals surface area contributed by atoms with Gasteiger partial charge in [0.1, 0.15) is 0 Å². The summed E-state index contributed by atoms with van der Waals surface area (Å²) < 4.78 is 7.64. The average molecular weight is 605 g/mol. The van der Waals surface area contributed by atoms with E-state index in [9.17, 15) is 0 Å². The quantitative estimate of drug-likeness (QED) is 0.105. The first-order chi connectivity index (χ1) is 21.1. The Hall–Kier alpha value is -2.73. The minimum absolute atomic E-state index is 1.13. The third-order valence-electron chi connectivity index (χ3n) is 8.24. The Kier molecular flexibility index (Phi) is 14.0. The molecule has 0 saturated heterocycles. The van der Waals surface area contributed by atoms with Crippen LogP contribution in [0, 0.1) is 0 Å². The molecular weight excluding hydrogens is 553 g/mol. The molecule has 0 heterocycles. The van der Waals surface area contributed by atoms with Gasteiger partial charge in [-0.3, -0.25) is 0 Å². The second kappa shape index (κ2) is 18.2. The Morgan fingerprint density at radius 1 is 0.395 bits per heavy atom. The van der Waals surface area contributed by atoms with Crippen molar-refractivity contribution in [3.8, 4) is 0 Å². The normalized spacial score (nSPS) is 11.5. The van der Waals surface area contributed by atoms with Crippen LogP contribution in [0.2, 0.25) is 0 Å². The Balaban J connectivity index is 1.81. The zero-order valence-electron chi connectivity index (χ0n) is 27.1. The highest BCUT2D eigenvalue weighted by Gasteiger charge is 2.29. The van der Waals surface area contributed by atoms with E-state index in [0.29, 0.717) is 0 Å². The van der Waals surface area contributed by atoms with Gasteiger partial charge in [-0.1, -0.05) is 150 Å². The molecule has 0 bridgehead atoms. The van der Waals surface area contributed by atoms with E-state index < -0.39 is 18.1 Å². The number of hydrogen-bond acceptors (Lipinski definition) is 1. The predicted octanol–water partition coefficient (Wildman–Crippen LogP) is 7.99. The fourth-order valence-corrected chi connectivity index (χ4v) is 11.3. The van der Waals surface area contributed by atoms with Crippen LogP contribution < -0.4 is 20.7 Å². The summed E-state index contributed by atoms with van der Waals surface area (Å²) in [6.07, 6.45) is 14.3. The van der Waals surface area contributed by atoms with Gasteiger partial charge in [0, 0.05) is 0 Å². The largest absolute Gasteiger partial charge is 0.442 e. The molecule has 226 valence electrons. The maximum absolute atomic E-state index is 7.64. The van der Waals surface area contributed by atoms with Crippen molar-refractivity contribution < 1.29 is 4.12 Å². The van der Waals surface area contributed by atoms with E-state index in [1.54, 1.807) is 0 Å². The summed E-state index contributed by atoms with van der Waals surface area (Å²) in [7, 11) is -3.00. The summed E-state index contributed by atoms with van der Waals surface area (Å²) in [6.45, 7) is 9.12. The average Bonchev–Trinajstić information content (AvgIpc) is 3.05. The smallest absolute Gasteiger partial charge is 0.272 e. The number of benzene rings is 4. The van der Waals surface area contributed by atoms with Gasteiger partial charge in [-0.25, -0.2) is 0 Å². The lowest BCUT2D eigenvalue weighted by atomic mass is 10.1. The maximum atomic E-state index is 7.64. The molecule has 0 aromatic heterocycles. The molecule has 0 spiro atoms. The molecule has 43 heavy (non-hydrogen) atoms. The van der Waals surface area contributed by atoms with Gasteiger partial charge in [0.2, 0.25) is 0 Å². The fourth-order valence-electron chi connectivity index (χ4n) is 5.67. The Labute approximate surface area is 266 Å². The van der Waals surface area contributed by atoms with Gasteiger partial charge in [-0.05, 0) is 94.4 Å². The first-order valence-corrected chi connectivity index (χ1v) is 19.8. The molecule has 0 N–H and O–H groups in total. The minimum atomic E-state index is -1.50. The van der Waals surface area contributed by atoms with Crippen LogP contribution in [0.25, 0.3) is 0 Å². The van der Waals surface area contributed by atoms with E-state index in [-0.39, 0.29) is 0 Å². The molecule has 3 heteroatoms. The molecule has 4 aromatic carbocycles. The topological polar surface area (TPSA) is 9.23 Å². The number of aryl methyl sites for hydroxylation is 4. The molecule has 4 aromatic rings. The molecule has 4 rings (SSSR count). The lowest BCUT2D eigenvalue weighted by Crippen LogP contribution is -2.56. The van der Waals surface area contributed by atoms with Crippen molar-refractivity contribution in [1.29, 1.82) is 0 Å². The molecule has 0 amide bonds. The molecule has 2 radical (unpaired) electrons. The zero-order valence-corrected chi connectivity index (χ0v) is 29.1. The Bertz CT molecular complexity index is 1170. The first-order valence-electron chi connectivity index (χ1n) is 16.9. The van der Waals surface area contributed by atoms with Crippen molar-refractivity contribution in [2.24, 2.45) is 0 Å². The highest BCUT2D eigenvalue weighted by Crippen LogP contribution is 2.11. The SMILES string of the molecule is CCCCc1cccc([Si](O[Si](c2cccc(CCCC)c2)c2cccc(CCCC)c2)c2cccc(CCCC)c2)c1. The van der Waals surface area contributed by atoms with Gasteiger partial charge >= 0.3 is 0 Å². The van der Waals surface area contributed by atoms with E-state index in [2.05, 4.69) is 125 Å². The minimum Gasteiger partial charge on any atom is -0.442 e. The molecule has 1 nitrogen and oxygen atoms in total. The summed E-state index contributed by atoms with van der Waals surface area (Å²) in [5.41, 5.74) is 5.74. The molecule has 0 aliphatic carbocycles. The van der Waals surface area contributed by atoms with Crippen molar-refractivity contribution in [2.75, 3.05) is 0 Å². The van der Waals surface area contributed by atoms with E-state index in [1.807, 2.05) is 0 Å². The van der Waals surface area contributed by atoms with Gasteiger partial charge in [-0.15, -0.1) is 0 Å². The monoisotopic (exact) mass is 604 g/mol. The van der Waals surface area contributed by atoms with Crippen LogP contribution in [0.15, 0.2) is 97.1 Å². The summed E-state index contributed by atoms with van der Waals surface area (Å²) in [5, 5.41) is 5.49. The van der Waals surface area contributed by atoms with Gasteiger partial charge in [-0.2, -0.15) is 0 Å². The molecule has 0 aliphatic heterocycles. The van der Waals surface area contributed by atoms with E-state index in [4.69, 9.17) is 4.12 Å². The summed E-state index contributed by atoms with van der Waals surface area (Å²) in [4.78, 5) is 0. The Morgan fingerprint density at radius 2 is 0.651 bits per heavy atom. The third-order valence-corrected chi connectivity index (χ3v) is 13.2. The standard InChI is InChI=1S/C40H52OSi2/c1-5-9-17-33-21-13-25-37(29-33)42(38-26-14-22-34(30-38)18-10-6-2)41-43(39-27-15-23-35(31-39)19-11-7-3)40-28-16-24-36(32-40)20-12-8-4/h13-16,21-32H,5-12,17-20H2,1-4H3. The van der Waals surface area contributed by atoms with Crippen molar-refractivity contribution in [2.45, 2.75) is 105 Å². The van der Waals surface area contributed by atoms with Gasteiger partial charge in [0.05, 0.1) is 0 Å². The third kappa shape index (κ3) is 10.2. The molecular formula is C40H52OSi2. The molecule has 0 fully saturated rings. The van der Waals surface area contributed by atoms with Crippen molar-refractivity contribution in [3.63, 3.8) is 0 Å². The van der Waals surface area contributed by atoms with Crippen LogP contribution in [0.5, 0.6) is 0 Å². The highest BCUT2D eigenvalue weighted by atomic mass is 28.4. The van der Waals surface area contributed by atoms with Crippen molar-refractivity contribution in [3.05, 3.63) is 119 Å². The van der Waals surface area contributed by atoms with E-state index in [0.717, 1.165) is 25.7 Å². The summed E-state index contributed by atoms with van der Waals surface area (Å²) in [6, 6.07) is 37.4. The van der Waals surface area contributed by atoms with E-state index >= 15 is 0 Å². The molecule has 0 unspecified atom stereocenters. The first kappa shape index (κ1) is 33.2. The Morgan fingerprint density at radius 3 is 0.884 bits per heavy atom. The highest BCUT2D eigenvalue weighted by molar-refractivity contribution is 6.91. The van der Waals surface area contributed by atoms with Gasteiger partial charge in [0.25, 0.3) is 18.1 Å². The van der Waals surface area contributed by atoms with Crippen LogP contribution in [0.4, 0.5) is 0 Å². The lowest BCUT2D eigenvalue weighted by molar-refractivity contribution is 0.633. The van der Waals surface area contributed by atoms with Gasteiger partial charge < -0.3 is 4.12 Å². The van der Waals surface area contributed by atoms with Gasteiger partial charge in [0.15, 0.2) is 0 Å². The molecule has 0 atom stereocenters. The predicted molar refractivity (Wildman–Crippen MR) is 191 cm³/mol. The number of hydrogen-bond donors (Lipinski definition) is 0. The van der Waals surface area contributed by atoms with Crippen LogP contribution in [0.3, 0.4) is 0 Å². The van der Waals surface area contributed by atoms with Crippen LogP contribution in [-0.4, -0.2) is 18.1 Å². The molecule has 0 saturated carbocycles. The summed E-state index contributed by atoms with van der Waals surface area (Å²) in [5.74, 6) is 0. The lowest BCUT2D eigenvalue weighted by Gasteiger charge is -2.25. The second-order valence-electron chi connectivity index (χ2n) is 12.0. The fraction of sp³-hybridized carbons (Fsp3) is 0.400. The van der Waals surface area contributed by atoms with Crippen molar-refractivity contribution in [1.82, 2.24) is 0 Å². The zero-order chi connectivity index (χ0) is 30.3. The van der Waals surface area contributed by atoms with E-state index in [1.165, 1.54) is 94.4 Å². The maximum Gasteiger partial charge on any atom is 0.272 e. The molecule has 0 aliphatic rings. The van der Waals surface area contributed by atoms with Crippen LogP contribution >= 0.6 is 0 Å². The number of unbranched alkanes of at least 4 members (excludes halogenated alkanes) is 4. The number of rotatable bonds is 18. The van der Waals surface area contributed by atoms with Crippen molar-refractivity contribution >= 4 is 38.8 Å². The van der Waals surface area contributed by atoms with Crippen LogP contribution in [-0.2, 0) is 29.8 Å². The summed E-state index contributed by atoms with van der Waals surface area (Å²) >= 11 is 0.